The van der Waals surface area contributed by atoms with Crippen molar-refractivity contribution in [2.24, 2.45) is 11.5 Å². The van der Waals surface area contributed by atoms with Crippen molar-refractivity contribution >= 4 is 12.2 Å². The minimum Gasteiger partial charge on any atom is -0.447 e. The second kappa shape index (κ2) is 23.7. The first-order valence-corrected chi connectivity index (χ1v) is 11.5. The summed E-state index contributed by atoms with van der Waals surface area (Å²) in [4.78, 5) is 20.7. The second-order valence-electron chi connectivity index (χ2n) is 7.64. The highest BCUT2D eigenvalue weighted by Crippen LogP contribution is 2.10. The van der Waals surface area contributed by atoms with Crippen LogP contribution in [0.1, 0.15) is 104 Å². The first-order valence-electron chi connectivity index (χ1n) is 11.5. The minimum absolute atomic E-state index is 0.0181. The van der Waals surface area contributed by atoms with Crippen LogP contribution in [0.25, 0.3) is 0 Å². The lowest BCUT2D eigenvalue weighted by molar-refractivity contribution is 0.0570. The van der Waals surface area contributed by atoms with Gasteiger partial charge in [-0.15, -0.1) is 0 Å². The molecule has 8 heteroatoms. The molecule has 0 saturated carbocycles. The third-order valence-corrected chi connectivity index (χ3v) is 4.67. The van der Waals surface area contributed by atoms with E-state index in [0.29, 0.717) is 12.8 Å². The zero-order valence-electron chi connectivity index (χ0n) is 19.2. The zero-order chi connectivity index (χ0) is 23.0. The van der Waals surface area contributed by atoms with Gasteiger partial charge >= 0.3 is 12.2 Å². The molecular formula is C22H46N2O6. The van der Waals surface area contributed by atoms with Crippen LogP contribution in [-0.2, 0) is 9.47 Å². The molecule has 30 heavy (non-hydrogen) atoms. The fourth-order valence-electron chi connectivity index (χ4n) is 2.93. The molecule has 0 aliphatic heterocycles. The van der Waals surface area contributed by atoms with Crippen LogP contribution in [0.2, 0.25) is 0 Å². The van der Waals surface area contributed by atoms with Crippen molar-refractivity contribution in [1.29, 1.82) is 0 Å². The summed E-state index contributed by atoms with van der Waals surface area (Å²) >= 11 is 0. The van der Waals surface area contributed by atoms with Gasteiger partial charge in [-0.25, -0.2) is 9.59 Å². The fourth-order valence-corrected chi connectivity index (χ4v) is 2.93. The highest BCUT2D eigenvalue weighted by molar-refractivity contribution is 5.64. The van der Waals surface area contributed by atoms with Crippen molar-refractivity contribution in [3.63, 3.8) is 0 Å². The van der Waals surface area contributed by atoms with Gasteiger partial charge in [-0.1, -0.05) is 84.5 Å². The quantitative estimate of drug-likeness (QED) is 0.235. The predicted molar refractivity (Wildman–Crippen MR) is 119 cm³/mol. The molecule has 0 aromatic carbocycles. The smallest absolute Gasteiger partial charge is 0.404 e. The molecule has 0 radical (unpaired) electrons. The van der Waals surface area contributed by atoms with E-state index in [0.717, 1.165) is 25.7 Å². The van der Waals surface area contributed by atoms with Crippen LogP contribution in [0.5, 0.6) is 0 Å². The maximum absolute atomic E-state index is 10.4. The number of primary amides is 2. The molecule has 2 unspecified atom stereocenters. The van der Waals surface area contributed by atoms with Gasteiger partial charge < -0.3 is 31.2 Å². The molecular weight excluding hydrogens is 388 g/mol. The Bertz CT molecular complexity index is 396. The van der Waals surface area contributed by atoms with Crippen molar-refractivity contribution in [1.82, 2.24) is 0 Å². The van der Waals surface area contributed by atoms with Crippen molar-refractivity contribution < 1.29 is 29.3 Å². The van der Waals surface area contributed by atoms with Gasteiger partial charge in [0.05, 0.1) is 12.7 Å². The summed E-state index contributed by atoms with van der Waals surface area (Å²) in [7, 11) is 0. The van der Waals surface area contributed by atoms with Crippen molar-refractivity contribution in [3.05, 3.63) is 0 Å². The van der Waals surface area contributed by atoms with E-state index in [1.165, 1.54) is 51.4 Å². The third-order valence-electron chi connectivity index (χ3n) is 4.67. The van der Waals surface area contributed by atoms with E-state index < -0.39 is 24.4 Å². The third kappa shape index (κ3) is 26.5. The molecule has 6 N–H and O–H groups in total. The monoisotopic (exact) mass is 434 g/mol. The van der Waals surface area contributed by atoms with Crippen molar-refractivity contribution in [2.75, 3.05) is 13.2 Å². The Morgan fingerprint density at radius 1 is 0.767 bits per heavy atom. The van der Waals surface area contributed by atoms with Gasteiger partial charge in [-0.2, -0.15) is 0 Å². The molecule has 0 rings (SSSR count). The lowest BCUT2D eigenvalue weighted by Crippen LogP contribution is -2.25. The van der Waals surface area contributed by atoms with Gasteiger partial charge in [0.1, 0.15) is 12.7 Å². The Morgan fingerprint density at radius 3 is 1.67 bits per heavy atom. The van der Waals surface area contributed by atoms with Gasteiger partial charge in [0.15, 0.2) is 0 Å². The van der Waals surface area contributed by atoms with E-state index in [4.69, 9.17) is 21.3 Å². The van der Waals surface area contributed by atoms with E-state index in [9.17, 15) is 14.7 Å². The van der Waals surface area contributed by atoms with E-state index >= 15 is 0 Å². The number of rotatable bonds is 18. The molecule has 0 heterocycles. The summed E-state index contributed by atoms with van der Waals surface area (Å²) in [6.07, 6.45) is 13.0. The Kier molecular flexibility index (Phi) is 24.3. The van der Waals surface area contributed by atoms with Gasteiger partial charge in [0.25, 0.3) is 0 Å². The number of amides is 2. The van der Waals surface area contributed by atoms with Crippen molar-refractivity contribution in [2.45, 2.75) is 116 Å². The van der Waals surface area contributed by atoms with E-state index in [1.807, 2.05) is 0 Å². The maximum atomic E-state index is 10.4. The summed E-state index contributed by atoms with van der Waals surface area (Å²) in [6, 6.07) is 0. The van der Waals surface area contributed by atoms with Crippen LogP contribution >= 0.6 is 0 Å². The molecule has 2 amide bonds. The fraction of sp³-hybridized carbons (Fsp3) is 0.909. The molecule has 180 valence electrons. The molecule has 0 spiro atoms. The van der Waals surface area contributed by atoms with Crippen LogP contribution in [0.4, 0.5) is 9.59 Å². The summed E-state index contributed by atoms with van der Waals surface area (Å²) in [5.74, 6) is 0. The Morgan fingerprint density at radius 2 is 1.23 bits per heavy atom. The van der Waals surface area contributed by atoms with Crippen LogP contribution in [0, 0.1) is 0 Å². The summed E-state index contributed by atoms with van der Waals surface area (Å²) in [5, 5.41) is 18.3. The molecule has 0 fully saturated rings. The van der Waals surface area contributed by atoms with E-state index in [2.05, 4.69) is 18.6 Å². The van der Waals surface area contributed by atoms with Crippen molar-refractivity contribution in [3.8, 4) is 0 Å². The van der Waals surface area contributed by atoms with Gasteiger partial charge in [0, 0.05) is 0 Å². The maximum Gasteiger partial charge on any atom is 0.404 e. The van der Waals surface area contributed by atoms with Crippen LogP contribution < -0.4 is 11.5 Å². The average molecular weight is 435 g/mol. The highest BCUT2D eigenvalue weighted by atomic mass is 16.6. The minimum atomic E-state index is -0.822. The number of hydrogen-bond acceptors (Lipinski definition) is 6. The molecule has 0 aliphatic rings. The average Bonchev–Trinajstić information content (AvgIpc) is 2.70. The molecule has 0 aromatic rings. The van der Waals surface area contributed by atoms with Crippen LogP contribution in [0.3, 0.4) is 0 Å². The molecule has 0 aromatic heterocycles. The van der Waals surface area contributed by atoms with Crippen LogP contribution in [0.15, 0.2) is 0 Å². The Labute approximate surface area is 182 Å². The number of nitrogens with two attached hydrogens (primary N) is 2. The number of aliphatic hydroxyl groups excluding tert-OH is 2. The summed E-state index contributed by atoms with van der Waals surface area (Å²) < 4.78 is 9.20. The zero-order valence-corrected chi connectivity index (χ0v) is 19.2. The topological polar surface area (TPSA) is 145 Å². The Balaban J connectivity index is 0. The highest BCUT2D eigenvalue weighted by Gasteiger charge is 2.10. The lowest BCUT2D eigenvalue weighted by Gasteiger charge is -2.13. The van der Waals surface area contributed by atoms with E-state index in [1.54, 1.807) is 0 Å². The number of hydrogen-bond donors (Lipinski definition) is 4. The standard InChI is InChI=1S/2C11H23NO3/c1-2-3-4-5-6-7-8-10(13)9-15-11(12)14;1-2-3-4-5-6-7-8-10(9-13)15-11(12)14/h2*10,13H,2-9H2,1H3,(H2,12,14). The predicted octanol–water partition coefficient (Wildman–Crippen LogP) is 4.39. The molecule has 8 nitrogen and oxygen atoms in total. The second-order valence-corrected chi connectivity index (χ2v) is 7.64. The summed E-state index contributed by atoms with van der Waals surface area (Å²) in [5.41, 5.74) is 9.64. The van der Waals surface area contributed by atoms with Gasteiger partial charge in [0.2, 0.25) is 0 Å². The van der Waals surface area contributed by atoms with Gasteiger partial charge in [-0.3, -0.25) is 0 Å². The lowest BCUT2D eigenvalue weighted by atomic mass is 10.1. The summed E-state index contributed by atoms with van der Waals surface area (Å²) in [6.45, 7) is 4.25. The molecule has 0 bridgehead atoms. The number of aliphatic hydroxyl groups is 2. The largest absolute Gasteiger partial charge is 0.447 e. The van der Waals surface area contributed by atoms with Crippen LogP contribution in [-0.4, -0.2) is 47.8 Å². The van der Waals surface area contributed by atoms with Gasteiger partial charge in [-0.05, 0) is 19.3 Å². The number of ether oxygens (including phenoxy) is 2. The molecule has 0 aliphatic carbocycles. The molecule has 0 saturated heterocycles. The first-order chi connectivity index (χ1) is 14.4. The SMILES string of the molecule is CCCCCCCCC(CO)OC(N)=O.CCCCCCCCC(O)COC(N)=O. The van der Waals surface area contributed by atoms with E-state index in [-0.39, 0.29) is 13.2 Å². The number of carbonyl (C=O) groups excluding carboxylic acids is 2. The first kappa shape index (κ1) is 30.7. The normalized spacial score (nSPS) is 12.4. The Hall–Kier alpha value is -1.54. The molecule has 2 atom stereocenters. The number of carbonyl (C=O) groups is 2. The number of unbranched alkanes of at least 4 members (excludes halogenated alkanes) is 10.